The Morgan fingerprint density at radius 1 is 0.268 bits per heavy atom. The van der Waals surface area contributed by atoms with Gasteiger partial charge in [-0.25, -0.2) is 15.0 Å². The van der Waals surface area contributed by atoms with Crippen LogP contribution in [0.5, 0.6) is 0 Å². The van der Waals surface area contributed by atoms with E-state index in [9.17, 15) is 0 Å². The molecule has 0 aliphatic heterocycles. The molecule has 2 aromatic heterocycles. The minimum atomic E-state index is 0.708. The van der Waals surface area contributed by atoms with Crippen LogP contribution >= 0.6 is 0 Å². The van der Waals surface area contributed by atoms with Crippen molar-refractivity contribution in [2.75, 3.05) is 0 Å². The molecule has 0 unspecified atom stereocenters. The summed E-state index contributed by atoms with van der Waals surface area (Å²) >= 11 is 0. The molecule has 0 aliphatic rings. The summed E-state index contributed by atoms with van der Waals surface area (Å²) in [5.41, 5.74) is 14.9. The van der Waals surface area contributed by atoms with Gasteiger partial charge in [-0.3, -0.25) is 0 Å². The second-order valence-electron chi connectivity index (χ2n) is 14.0. The molecule has 8 aromatic carbocycles. The predicted octanol–water partition coefficient (Wildman–Crippen LogP) is 13.8. The molecule has 0 radical (unpaired) electrons. The molecule has 3 heteroatoms. The van der Waals surface area contributed by atoms with Gasteiger partial charge >= 0.3 is 0 Å². The predicted molar refractivity (Wildman–Crippen MR) is 233 cm³/mol. The number of nitrogens with zero attached hydrogens (tertiary/aromatic N) is 3. The smallest absolute Gasteiger partial charge is 0.160 e. The van der Waals surface area contributed by atoms with E-state index in [1.54, 1.807) is 0 Å². The van der Waals surface area contributed by atoms with Crippen molar-refractivity contribution in [3.8, 4) is 78.5 Å². The van der Waals surface area contributed by atoms with Crippen LogP contribution in [0.15, 0.2) is 212 Å². The molecule has 0 saturated heterocycles. The molecule has 0 saturated carbocycles. The summed E-state index contributed by atoms with van der Waals surface area (Å²) < 4.78 is 0. The van der Waals surface area contributed by atoms with Crippen LogP contribution in [-0.2, 0) is 0 Å². The molecule has 10 aromatic rings. The molecule has 0 fully saturated rings. The highest BCUT2D eigenvalue weighted by atomic mass is 14.9. The van der Waals surface area contributed by atoms with Gasteiger partial charge in [-0.1, -0.05) is 194 Å². The molecule has 0 bridgehead atoms. The summed E-state index contributed by atoms with van der Waals surface area (Å²) in [5, 5.41) is 3.44. The molecule has 0 spiro atoms. The maximum absolute atomic E-state index is 5.33. The number of rotatable bonds is 7. The fraction of sp³-hybridized carbons (Fsp3) is 0. The van der Waals surface area contributed by atoms with Crippen LogP contribution in [0.3, 0.4) is 0 Å². The first kappa shape index (κ1) is 33.1. The fourth-order valence-electron chi connectivity index (χ4n) is 7.76. The Kier molecular flexibility index (Phi) is 8.51. The van der Waals surface area contributed by atoms with Crippen molar-refractivity contribution in [3.63, 3.8) is 0 Å². The Hall–Kier alpha value is -7.49. The number of hydrogen-bond donors (Lipinski definition) is 0. The number of aromatic nitrogens is 3. The van der Waals surface area contributed by atoms with Gasteiger partial charge in [0.25, 0.3) is 0 Å². The van der Waals surface area contributed by atoms with Gasteiger partial charge in [0.1, 0.15) is 0 Å². The Bertz CT molecular complexity index is 2920. The Morgan fingerprint density at radius 2 is 0.768 bits per heavy atom. The zero-order valence-electron chi connectivity index (χ0n) is 30.5. The lowest BCUT2D eigenvalue weighted by Crippen LogP contribution is -1.96. The third-order valence-corrected chi connectivity index (χ3v) is 10.5. The Morgan fingerprint density at radius 3 is 1.43 bits per heavy atom. The largest absolute Gasteiger partial charge is 0.247 e. The summed E-state index contributed by atoms with van der Waals surface area (Å²) in [4.78, 5) is 15.4. The summed E-state index contributed by atoms with van der Waals surface area (Å²) in [6, 6.07) is 74.5. The van der Waals surface area contributed by atoms with Crippen LogP contribution in [0.1, 0.15) is 0 Å². The van der Waals surface area contributed by atoms with Gasteiger partial charge in [0.05, 0.1) is 22.6 Å². The summed E-state index contributed by atoms with van der Waals surface area (Å²) in [6.07, 6.45) is 0. The quantitative estimate of drug-likeness (QED) is 0.154. The van der Waals surface area contributed by atoms with Gasteiger partial charge in [-0.15, -0.1) is 0 Å². The molecule has 2 heterocycles. The van der Waals surface area contributed by atoms with Crippen molar-refractivity contribution < 1.29 is 0 Å². The standard InChI is InChI=1S/C53H35N3/c1-5-16-37(17-6-1)43-24-13-14-25-44(43)45-26-15-27-46-51(45)47-34-42(32-33-48(47)54-52(46)40-20-9-3-10-21-40)36-28-30-39(31-29-36)50-35-49(38-18-7-2-8-19-38)55-53(56-50)41-22-11-4-12-23-41/h1-35H. The first-order valence-corrected chi connectivity index (χ1v) is 18.9. The van der Waals surface area contributed by atoms with Gasteiger partial charge in [0.2, 0.25) is 0 Å². The lowest BCUT2D eigenvalue weighted by molar-refractivity contribution is 1.18. The van der Waals surface area contributed by atoms with Crippen molar-refractivity contribution in [3.05, 3.63) is 212 Å². The molecule has 3 nitrogen and oxygen atoms in total. The lowest BCUT2D eigenvalue weighted by Gasteiger charge is -2.17. The number of pyridine rings is 1. The summed E-state index contributed by atoms with van der Waals surface area (Å²) in [6.45, 7) is 0. The third-order valence-electron chi connectivity index (χ3n) is 10.5. The molecule has 262 valence electrons. The number of fused-ring (bicyclic) bond motifs is 3. The second kappa shape index (κ2) is 14.4. The number of benzene rings is 8. The first-order chi connectivity index (χ1) is 27.8. The maximum atomic E-state index is 5.33. The van der Waals surface area contributed by atoms with Gasteiger partial charge in [0.15, 0.2) is 5.82 Å². The monoisotopic (exact) mass is 713 g/mol. The summed E-state index contributed by atoms with van der Waals surface area (Å²) in [7, 11) is 0. The molecule has 10 rings (SSSR count). The number of hydrogen-bond acceptors (Lipinski definition) is 3. The molecular formula is C53H35N3. The SMILES string of the molecule is c1ccc(-c2cc(-c3ccc(-c4ccc5nc(-c6ccccc6)c6cccc(-c7ccccc7-c7ccccc7)c6c5c4)cc3)nc(-c3ccccc3)n2)cc1. The Labute approximate surface area is 326 Å². The molecule has 0 atom stereocenters. The third kappa shape index (κ3) is 6.21. The van der Waals surface area contributed by atoms with Gasteiger partial charge in [-0.2, -0.15) is 0 Å². The van der Waals surface area contributed by atoms with Crippen LogP contribution < -0.4 is 0 Å². The van der Waals surface area contributed by atoms with E-state index in [0.29, 0.717) is 5.82 Å². The van der Waals surface area contributed by atoms with Crippen LogP contribution in [0.25, 0.3) is 100 Å². The van der Waals surface area contributed by atoms with Crippen molar-refractivity contribution in [2.45, 2.75) is 0 Å². The minimum absolute atomic E-state index is 0.708. The van der Waals surface area contributed by atoms with E-state index in [1.165, 1.54) is 27.6 Å². The van der Waals surface area contributed by atoms with E-state index in [-0.39, 0.29) is 0 Å². The molecule has 0 N–H and O–H groups in total. The normalized spacial score (nSPS) is 11.2. The van der Waals surface area contributed by atoms with Crippen LogP contribution in [-0.4, -0.2) is 15.0 Å². The van der Waals surface area contributed by atoms with E-state index in [0.717, 1.165) is 66.8 Å². The topological polar surface area (TPSA) is 38.7 Å². The van der Waals surface area contributed by atoms with E-state index >= 15 is 0 Å². The Balaban J connectivity index is 1.12. The average molecular weight is 714 g/mol. The highest BCUT2D eigenvalue weighted by molar-refractivity contribution is 6.18. The van der Waals surface area contributed by atoms with Crippen molar-refractivity contribution in [2.24, 2.45) is 0 Å². The second-order valence-corrected chi connectivity index (χ2v) is 14.0. The lowest BCUT2D eigenvalue weighted by atomic mass is 9.88. The fourth-order valence-corrected chi connectivity index (χ4v) is 7.76. The zero-order valence-corrected chi connectivity index (χ0v) is 30.5. The highest BCUT2D eigenvalue weighted by Crippen LogP contribution is 2.42. The highest BCUT2D eigenvalue weighted by Gasteiger charge is 2.18. The first-order valence-electron chi connectivity index (χ1n) is 18.9. The van der Waals surface area contributed by atoms with E-state index in [4.69, 9.17) is 15.0 Å². The van der Waals surface area contributed by atoms with Gasteiger partial charge in [-0.05, 0) is 51.6 Å². The van der Waals surface area contributed by atoms with Crippen LogP contribution in [0, 0.1) is 0 Å². The van der Waals surface area contributed by atoms with Crippen molar-refractivity contribution >= 4 is 21.7 Å². The zero-order chi connectivity index (χ0) is 37.3. The molecule has 0 aliphatic carbocycles. The molecule has 56 heavy (non-hydrogen) atoms. The van der Waals surface area contributed by atoms with Gasteiger partial charge < -0.3 is 0 Å². The minimum Gasteiger partial charge on any atom is -0.247 e. The van der Waals surface area contributed by atoms with Crippen molar-refractivity contribution in [1.29, 1.82) is 0 Å². The van der Waals surface area contributed by atoms with E-state index in [1.807, 2.05) is 36.4 Å². The van der Waals surface area contributed by atoms with Crippen LogP contribution in [0.2, 0.25) is 0 Å². The van der Waals surface area contributed by atoms with Crippen molar-refractivity contribution in [1.82, 2.24) is 15.0 Å². The molecular weight excluding hydrogens is 679 g/mol. The van der Waals surface area contributed by atoms with Gasteiger partial charge in [0, 0.05) is 38.4 Å². The molecule has 0 amide bonds. The summed E-state index contributed by atoms with van der Waals surface area (Å²) in [5.74, 6) is 0.708. The van der Waals surface area contributed by atoms with Crippen LogP contribution in [0.4, 0.5) is 0 Å². The van der Waals surface area contributed by atoms with E-state index < -0.39 is 0 Å². The average Bonchev–Trinajstić information content (AvgIpc) is 3.29. The van der Waals surface area contributed by atoms with E-state index in [2.05, 4.69) is 176 Å². The maximum Gasteiger partial charge on any atom is 0.160 e.